The first-order valence-electron chi connectivity index (χ1n) is 8.38. The Morgan fingerprint density at radius 1 is 1.04 bits per heavy atom. The third-order valence-electron chi connectivity index (χ3n) is 4.23. The molecule has 2 aromatic rings. The summed E-state index contributed by atoms with van der Waals surface area (Å²) in [6, 6.07) is 12.2. The van der Waals surface area contributed by atoms with Crippen LogP contribution in [-0.4, -0.2) is 17.6 Å². The molecular weight excluding hydrogens is 398 g/mol. The summed E-state index contributed by atoms with van der Waals surface area (Å²) in [7, 11) is 0. The smallest absolute Gasteiger partial charge is 0.347 e. The average Bonchev–Trinajstić information content (AvgIpc) is 2.53. The van der Waals surface area contributed by atoms with Crippen molar-refractivity contribution in [2.75, 3.05) is 0 Å². The number of nitrogens with one attached hydrogen (secondary N) is 1. The molecule has 0 bridgehead atoms. The van der Waals surface area contributed by atoms with E-state index in [0.717, 1.165) is 0 Å². The fourth-order valence-electron chi connectivity index (χ4n) is 2.84. The third kappa shape index (κ3) is 6.43. The van der Waals surface area contributed by atoms with E-state index in [1.54, 1.807) is 32.0 Å². The summed E-state index contributed by atoms with van der Waals surface area (Å²) in [5.74, 6) is -2.02. The number of rotatable bonds is 6. The summed E-state index contributed by atoms with van der Waals surface area (Å²) in [4.78, 5) is 12.4. The maximum atomic E-state index is 13.5. The largest absolute Gasteiger partial charge is 0.395 e. The van der Waals surface area contributed by atoms with Gasteiger partial charge in [-0.05, 0) is 50.5 Å². The second-order valence-corrected chi connectivity index (χ2v) is 7.91. The van der Waals surface area contributed by atoms with E-state index >= 15 is 0 Å². The lowest BCUT2D eigenvalue weighted by atomic mass is 9.87. The molecule has 2 nitrogen and oxygen atoms in total. The van der Waals surface area contributed by atoms with Crippen molar-refractivity contribution in [1.29, 1.82) is 0 Å². The number of hydrogen-bond acceptors (Lipinski definition) is 1. The van der Waals surface area contributed by atoms with Gasteiger partial charge in [0, 0.05) is 21.1 Å². The predicted molar refractivity (Wildman–Crippen MR) is 102 cm³/mol. The summed E-state index contributed by atoms with van der Waals surface area (Å²) < 4.78 is 40.4. The highest BCUT2D eigenvalue weighted by atomic mass is 35.5. The number of benzene rings is 2. The molecule has 0 spiro atoms. The molecule has 1 N–H and O–H groups in total. The molecule has 1 unspecified atom stereocenters. The van der Waals surface area contributed by atoms with Crippen LogP contribution in [0.1, 0.15) is 48.5 Å². The Morgan fingerprint density at radius 3 is 2.11 bits per heavy atom. The molecule has 2 rings (SSSR count). The van der Waals surface area contributed by atoms with E-state index in [9.17, 15) is 18.0 Å². The Bertz CT molecular complexity index is 771. The monoisotopic (exact) mass is 417 g/mol. The molecule has 0 aliphatic heterocycles. The van der Waals surface area contributed by atoms with Crippen molar-refractivity contribution in [3.05, 3.63) is 69.7 Å². The van der Waals surface area contributed by atoms with Crippen LogP contribution in [-0.2, 0) is 0 Å². The lowest BCUT2D eigenvalue weighted by Crippen LogP contribution is -2.44. The molecule has 0 radical (unpaired) electrons. The van der Waals surface area contributed by atoms with E-state index in [-0.39, 0.29) is 24.0 Å². The Kier molecular flexibility index (Phi) is 6.82. The maximum absolute atomic E-state index is 13.5. The molecule has 1 atom stereocenters. The molecule has 0 aliphatic rings. The van der Waals surface area contributed by atoms with Crippen LogP contribution in [0.5, 0.6) is 0 Å². The molecule has 7 heteroatoms. The minimum absolute atomic E-state index is 0.142. The van der Waals surface area contributed by atoms with E-state index in [0.29, 0.717) is 10.0 Å². The van der Waals surface area contributed by atoms with Crippen molar-refractivity contribution in [3.8, 4) is 0 Å². The zero-order valence-electron chi connectivity index (χ0n) is 14.9. The third-order valence-corrected chi connectivity index (χ3v) is 4.67. The molecule has 27 heavy (non-hydrogen) atoms. The zero-order valence-corrected chi connectivity index (χ0v) is 16.4. The van der Waals surface area contributed by atoms with E-state index < -0.39 is 23.5 Å². The highest BCUT2D eigenvalue weighted by molar-refractivity contribution is 6.35. The van der Waals surface area contributed by atoms with E-state index in [4.69, 9.17) is 23.2 Å². The van der Waals surface area contributed by atoms with Crippen molar-refractivity contribution in [2.45, 2.75) is 44.3 Å². The van der Waals surface area contributed by atoms with Gasteiger partial charge >= 0.3 is 6.18 Å². The lowest BCUT2D eigenvalue weighted by Gasteiger charge is -2.29. The maximum Gasteiger partial charge on any atom is 0.395 e. The zero-order chi connectivity index (χ0) is 20.2. The van der Waals surface area contributed by atoms with Crippen LogP contribution >= 0.6 is 23.2 Å². The van der Waals surface area contributed by atoms with E-state index in [1.165, 1.54) is 30.3 Å². The predicted octanol–water partition coefficient (Wildman–Crippen LogP) is 6.63. The Hall–Kier alpha value is -1.72. The molecule has 0 saturated heterocycles. The van der Waals surface area contributed by atoms with Crippen molar-refractivity contribution in [1.82, 2.24) is 5.32 Å². The van der Waals surface area contributed by atoms with Gasteiger partial charge in [-0.15, -0.1) is 0 Å². The molecule has 0 saturated carbocycles. The quantitative estimate of drug-likeness (QED) is 0.561. The number of hydrogen-bond donors (Lipinski definition) is 1. The van der Waals surface area contributed by atoms with Gasteiger partial charge in [0.15, 0.2) is 0 Å². The van der Waals surface area contributed by atoms with Crippen LogP contribution in [0.25, 0.3) is 0 Å². The fraction of sp³-hybridized carbons (Fsp3) is 0.350. The molecule has 146 valence electrons. The van der Waals surface area contributed by atoms with Crippen LogP contribution in [0.3, 0.4) is 0 Å². The first-order valence-corrected chi connectivity index (χ1v) is 9.14. The molecule has 1 amide bonds. The fourth-order valence-corrected chi connectivity index (χ4v) is 3.36. The minimum Gasteiger partial charge on any atom is -0.347 e. The standard InChI is InChI=1S/C20H20Cl2F3NO/c1-19(2,26-18(27)14-10-15(21)12-16(22)11-14)9-8-17(20(23,24)25)13-6-4-3-5-7-13/h3-7,10-12,17H,8-9H2,1-2H3,(H,26,27). The van der Waals surface area contributed by atoms with Crippen LogP contribution in [0.15, 0.2) is 48.5 Å². The first kappa shape index (κ1) is 21.6. The number of amides is 1. The molecule has 0 aliphatic carbocycles. The second-order valence-electron chi connectivity index (χ2n) is 7.04. The molecule has 2 aromatic carbocycles. The lowest BCUT2D eigenvalue weighted by molar-refractivity contribution is -0.152. The number of carbonyl (C=O) groups excluding carboxylic acids is 1. The van der Waals surface area contributed by atoms with Crippen LogP contribution in [0, 0.1) is 0 Å². The summed E-state index contributed by atoms with van der Waals surface area (Å²) in [6.07, 6.45) is -4.36. The van der Waals surface area contributed by atoms with Gasteiger partial charge in [-0.2, -0.15) is 13.2 Å². The van der Waals surface area contributed by atoms with Crippen LogP contribution in [0.4, 0.5) is 13.2 Å². The Labute approximate surface area is 166 Å². The van der Waals surface area contributed by atoms with Gasteiger partial charge in [0.2, 0.25) is 0 Å². The van der Waals surface area contributed by atoms with Gasteiger partial charge in [-0.3, -0.25) is 4.79 Å². The van der Waals surface area contributed by atoms with E-state index in [2.05, 4.69) is 5.32 Å². The Morgan fingerprint density at radius 2 is 1.59 bits per heavy atom. The van der Waals surface area contributed by atoms with Crippen molar-refractivity contribution >= 4 is 29.1 Å². The van der Waals surface area contributed by atoms with Gasteiger partial charge in [0.25, 0.3) is 5.91 Å². The topological polar surface area (TPSA) is 29.1 Å². The van der Waals surface area contributed by atoms with Crippen molar-refractivity contribution in [3.63, 3.8) is 0 Å². The van der Waals surface area contributed by atoms with Gasteiger partial charge in [-0.25, -0.2) is 0 Å². The van der Waals surface area contributed by atoms with Gasteiger partial charge in [-0.1, -0.05) is 53.5 Å². The SMILES string of the molecule is CC(C)(CCC(c1ccccc1)C(F)(F)F)NC(=O)c1cc(Cl)cc(Cl)c1. The van der Waals surface area contributed by atoms with Crippen molar-refractivity contribution in [2.24, 2.45) is 0 Å². The Balaban J connectivity index is 2.09. The van der Waals surface area contributed by atoms with Crippen molar-refractivity contribution < 1.29 is 18.0 Å². The van der Waals surface area contributed by atoms with Gasteiger partial charge in [0.1, 0.15) is 0 Å². The molecule has 0 aromatic heterocycles. The second kappa shape index (κ2) is 8.53. The first-order chi connectivity index (χ1) is 12.5. The summed E-state index contributed by atoms with van der Waals surface area (Å²) >= 11 is 11.8. The molecular formula is C20H20Cl2F3NO. The minimum atomic E-state index is -4.36. The molecule has 0 fully saturated rings. The average molecular weight is 418 g/mol. The molecule has 0 heterocycles. The summed E-state index contributed by atoms with van der Waals surface area (Å²) in [5.41, 5.74) is -0.366. The van der Waals surface area contributed by atoms with Crippen LogP contribution < -0.4 is 5.32 Å². The van der Waals surface area contributed by atoms with Gasteiger partial charge < -0.3 is 5.32 Å². The number of carbonyl (C=O) groups is 1. The summed E-state index contributed by atoms with van der Waals surface area (Å²) in [6.45, 7) is 3.38. The number of halogens is 5. The highest BCUT2D eigenvalue weighted by Crippen LogP contribution is 2.39. The van der Waals surface area contributed by atoms with E-state index in [1.807, 2.05) is 0 Å². The highest BCUT2D eigenvalue weighted by Gasteiger charge is 2.41. The number of alkyl halides is 3. The summed E-state index contributed by atoms with van der Waals surface area (Å²) in [5, 5.41) is 3.39. The normalized spacial score (nSPS) is 13.3. The van der Waals surface area contributed by atoms with Gasteiger partial charge in [0.05, 0.1) is 5.92 Å². The van der Waals surface area contributed by atoms with Crippen LogP contribution in [0.2, 0.25) is 10.0 Å².